The van der Waals surface area contributed by atoms with Gasteiger partial charge in [0.05, 0.1) is 5.56 Å². The third-order valence-corrected chi connectivity index (χ3v) is 5.30. The van der Waals surface area contributed by atoms with E-state index in [1.807, 2.05) is 13.0 Å². The molecular formula is C21H28N4O2. The standard InChI is InChI=1S/C21H28N4O2/c1-14-13-19(15(2)25(14)18-7-5-4-6-8-18)20(26)23-16-9-11-17(12-10-16)24-21(27)22-3/h9-13,18H,4-8H2,1-3H3,(H,23,26)(H2,22,24,27). The molecule has 144 valence electrons. The van der Waals surface area contributed by atoms with Gasteiger partial charge in [-0.1, -0.05) is 19.3 Å². The molecule has 0 aliphatic heterocycles. The summed E-state index contributed by atoms with van der Waals surface area (Å²) in [4.78, 5) is 24.1. The number of carbonyl (C=O) groups excluding carboxylic acids is 2. The maximum atomic E-state index is 12.8. The number of amides is 3. The van der Waals surface area contributed by atoms with Crippen LogP contribution >= 0.6 is 0 Å². The van der Waals surface area contributed by atoms with E-state index in [-0.39, 0.29) is 11.9 Å². The largest absolute Gasteiger partial charge is 0.345 e. The first-order chi connectivity index (χ1) is 13.0. The molecule has 1 aliphatic rings. The second-order valence-electron chi connectivity index (χ2n) is 7.18. The summed E-state index contributed by atoms with van der Waals surface area (Å²) in [6.07, 6.45) is 6.22. The van der Waals surface area contributed by atoms with Crippen molar-refractivity contribution in [3.8, 4) is 0 Å². The third-order valence-electron chi connectivity index (χ3n) is 5.30. The fraction of sp³-hybridized carbons (Fsp3) is 0.429. The van der Waals surface area contributed by atoms with E-state index in [1.165, 1.54) is 32.1 Å². The van der Waals surface area contributed by atoms with Crippen molar-refractivity contribution in [3.05, 3.63) is 47.3 Å². The summed E-state index contributed by atoms with van der Waals surface area (Å²) >= 11 is 0. The lowest BCUT2D eigenvalue weighted by molar-refractivity contribution is 0.102. The number of urea groups is 1. The number of nitrogens with one attached hydrogen (secondary N) is 3. The van der Waals surface area contributed by atoms with Gasteiger partial charge in [0.25, 0.3) is 5.91 Å². The van der Waals surface area contributed by atoms with Crippen LogP contribution in [0.15, 0.2) is 30.3 Å². The van der Waals surface area contributed by atoms with Gasteiger partial charge in [0, 0.05) is 35.9 Å². The molecule has 0 atom stereocenters. The van der Waals surface area contributed by atoms with Crippen LogP contribution in [0.25, 0.3) is 0 Å². The third kappa shape index (κ3) is 4.32. The van der Waals surface area contributed by atoms with Crippen LogP contribution in [0.1, 0.15) is 59.9 Å². The predicted molar refractivity (Wildman–Crippen MR) is 109 cm³/mol. The number of hydrogen-bond donors (Lipinski definition) is 3. The smallest absolute Gasteiger partial charge is 0.318 e. The molecule has 2 aromatic rings. The minimum Gasteiger partial charge on any atom is -0.345 e. The van der Waals surface area contributed by atoms with Crippen LogP contribution < -0.4 is 16.0 Å². The van der Waals surface area contributed by atoms with Crippen LogP contribution in [0.4, 0.5) is 16.2 Å². The Hall–Kier alpha value is -2.76. The van der Waals surface area contributed by atoms with Gasteiger partial charge < -0.3 is 20.5 Å². The monoisotopic (exact) mass is 368 g/mol. The average molecular weight is 368 g/mol. The van der Waals surface area contributed by atoms with E-state index in [0.29, 0.717) is 17.4 Å². The highest BCUT2D eigenvalue weighted by Crippen LogP contribution is 2.32. The number of hydrogen-bond acceptors (Lipinski definition) is 2. The van der Waals surface area contributed by atoms with E-state index in [9.17, 15) is 9.59 Å². The SMILES string of the molecule is CNC(=O)Nc1ccc(NC(=O)c2cc(C)n(C3CCCCC3)c2C)cc1. The van der Waals surface area contributed by atoms with Crippen molar-refractivity contribution in [1.82, 2.24) is 9.88 Å². The molecule has 0 saturated heterocycles. The maximum absolute atomic E-state index is 12.8. The molecule has 1 aromatic carbocycles. The van der Waals surface area contributed by atoms with Crippen molar-refractivity contribution < 1.29 is 9.59 Å². The second kappa shape index (κ2) is 8.29. The lowest BCUT2D eigenvalue weighted by Crippen LogP contribution is -2.24. The van der Waals surface area contributed by atoms with Crippen LogP contribution in [0.3, 0.4) is 0 Å². The van der Waals surface area contributed by atoms with Crippen molar-refractivity contribution in [2.75, 3.05) is 17.7 Å². The summed E-state index contributed by atoms with van der Waals surface area (Å²) in [6, 6.07) is 9.30. The number of aromatic nitrogens is 1. The number of nitrogens with zero attached hydrogens (tertiary/aromatic N) is 1. The van der Waals surface area contributed by atoms with Crippen molar-refractivity contribution in [2.24, 2.45) is 0 Å². The first-order valence-electron chi connectivity index (χ1n) is 9.58. The van der Waals surface area contributed by atoms with E-state index in [1.54, 1.807) is 31.3 Å². The van der Waals surface area contributed by atoms with Gasteiger partial charge in [0.1, 0.15) is 0 Å². The van der Waals surface area contributed by atoms with E-state index >= 15 is 0 Å². The highest BCUT2D eigenvalue weighted by molar-refractivity contribution is 6.05. The zero-order valence-electron chi connectivity index (χ0n) is 16.3. The van der Waals surface area contributed by atoms with Crippen molar-refractivity contribution >= 4 is 23.3 Å². The van der Waals surface area contributed by atoms with E-state index < -0.39 is 0 Å². The second-order valence-corrected chi connectivity index (χ2v) is 7.18. The normalized spacial score (nSPS) is 14.6. The molecule has 1 aliphatic carbocycles. The highest BCUT2D eigenvalue weighted by Gasteiger charge is 2.22. The summed E-state index contributed by atoms with van der Waals surface area (Å²) in [5.74, 6) is -0.0998. The van der Waals surface area contributed by atoms with E-state index in [0.717, 1.165) is 17.0 Å². The summed E-state index contributed by atoms with van der Waals surface area (Å²) in [6.45, 7) is 4.12. The Morgan fingerprint density at radius 2 is 1.56 bits per heavy atom. The minimum atomic E-state index is -0.276. The minimum absolute atomic E-state index is 0.0998. The molecule has 1 aromatic heterocycles. The van der Waals surface area contributed by atoms with Gasteiger partial charge in [-0.15, -0.1) is 0 Å². The van der Waals surface area contributed by atoms with Crippen LogP contribution in [0.5, 0.6) is 0 Å². The van der Waals surface area contributed by atoms with Gasteiger partial charge in [-0.25, -0.2) is 4.79 Å². The molecule has 0 spiro atoms. The summed E-state index contributed by atoms with van der Waals surface area (Å²) in [7, 11) is 1.56. The van der Waals surface area contributed by atoms with Gasteiger partial charge in [-0.05, 0) is 57.0 Å². The molecule has 3 N–H and O–H groups in total. The molecule has 0 bridgehead atoms. The fourth-order valence-electron chi connectivity index (χ4n) is 3.94. The maximum Gasteiger partial charge on any atom is 0.318 e. The number of benzene rings is 1. The van der Waals surface area contributed by atoms with Crippen molar-refractivity contribution in [3.63, 3.8) is 0 Å². The van der Waals surface area contributed by atoms with Crippen LogP contribution in [-0.4, -0.2) is 23.6 Å². The zero-order valence-corrected chi connectivity index (χ0v) is 16.3. The number of carbonyl (C=O) groups is 2. The fourth-order valence-corrected chi connectivity index (χ4v) is 3.94. The van der Waals surface area contributed by atoms with Crippen LogP contribution in [0.2, 0.25) is 0 Å². The van der Waals surface area contributed by atoms with Gasteiger partial charge >= 0.3 is 6.03 Å². The Kier molecular flexibility index (Phi) is 5.84. The molecule has 3 rings (SSSR count). The van der Waals surface area contributed by atoms with Crippen LogP contribution in [0, 0.1) is 13.8 Å². The molecule has 6 heteroatoms. The Labute approximate surface area is 160 Å². The Bertz CT molecular complexity index is 817. The van der Waals surface area contributed by atoms with Crippen LogP contribution in [-0.2, 0) is 0 Å². The average Bonchev–Trinajstić information content (AvgIpc) is 2.98. The molecule has 1 saturated carbocycles. The summed E-state index contributed by atoms with van der Waals surface area (Å²) in [5, 5.41) is 8.15. The number of aryl methyl sites for hydroxylation is 1. The van der Waals surface area contributed by atoms with Gasteiger partial charge in [-0.3, -0.25) is 4.79 Å². The Morgan fingerprint density at radius 3 is 2.15 bits per heavy atom. The van der Waals surface area contributed by atoms with Crippen molar-refractivity contribution in [1.29, 1.82) is 0 Å². The zero-order chi connectivity index (χ0) is 19.4. The van der Waals surface area contributed by atoms with Gasteiger partial charge in [-0.2, -0.15) is 0 Å². The summed E-state index contributed by atoms with van der Waals surface area (Å²) < 4.78 is 2.34. The molecular weight excluding hydrogens is 340 g/mol. The molecule has 3 amide bonds. The highest BCUT2D eigenvalue weighted by atomic mass is 16.2. The summed E-state index contributed by atoms with van der Waals surface area (Å²) in [5.41, 5.74) is 4.28. The molecule has 1 fully saturated rings. The molecule has 6 nitrogen and oxygen atoms in total. The quantitative estimate of drug-likeness (QED) is 0.737. The number of anilines is 2. The predicted octanol–water partition coefficient (Wildman–Crippen LogP) is 4.61. The molecule has 1 heterocycles. The molecule has 27 heavy (non-hydrogen) atoms. The molecule has 0 unspecified atom stereocenters. The molecule has 0 radical (unpaired) electrons. The first kappa shape index (κ1) is 19.0. The Balaban J connectivity index is 1.72. The lowest BCUT2D eigenvalue weighted by atomic mass is 9.95. The van der Waals surface area contributed by atoms with Gasteiger partial charge in [0.2, 0.25) is 0 Å². The lowest BCUT2D eigenvalue weighted by Gasteiger charge is -2.26. The van der Waals surface area contributed by atoms with Gasteiger partial charge in [0.15, 0.2) is 0 Å². The Morgan fingerprint density at radius 1 is 0.963 bits per heavy atom. The van der Waals surface area contributed by atoms with E-state index in [4.69, 9.17) is 0 Å². The first-order valence-corrected chi connectivity index (χ1v) is 9.58. The topological polar surface area (TPSA) is 75.2 Å². The number of rotatable bonds is 4. The van der Waals surface area contributed by atoms with E-state index in [2.05, 4.69) is 27.4 Å². The van der Waals surface area contributed by atoms with Crippen molar-refractivity contribution in [2.45, 2.75) is 52.0 Å².